The topological polar surface area (TPSA) is 63.2 Å². The van der Waals surface area contributed by atoms with Gasteiger partial charge in [0.2, 0.25) is 0 Å². The maximum atomic E-state index is 12.5. The molecule has 4 rings (SSSR count). The minimum atomic E-state index is -0.203. The van der Waals surface area contributed by atoms with Gasteiger partial charge in [0.1, 0.15) is 0 Å². The summed E-state index contributed by atoms with van der Waals surface area (Å²) in [7, 11) is 0. The number of fused-ring (bicyclic) bond motifs is 2. The summed E-state index contributed by atoms with van der Waals surface area (Å²) in [5.41, 5.74) is 5.14. The van der Waals surface area contributed by atoms with Crippen LogP contribution in [-0.2, 0) is 11.4 Å². The molecule has 2 saturated carbocycles. The molecule has 1 aromatic carbocycles. The predicted molar refractivity (Wildman–Crippen MR) is 100 cm³/mol. The number of hydrogen-bond donors (Lipinski definition) is 2. The van der Waals surface area contributed by atoms with Crippen molar-refractivity contribution in [3.63, 3.8) is 0 Å². The number of carbonyl (C=O) groups is 1. The third-order valence-corrected chi connectivity index (χ3v) is 5.75. The van der Waals surface area contributed by atoms with Crippen molar-refractivity contribution < 1.29 is 9.63 Å². The first-order chi connectivity index (χ1) is 12.8. The van der Waals surface area contributed by atoms with Crippen LogP contribution in [-0.4, -0.2) is 17.5 Å². The second-order valence-corrected chi connectivity index (χ2v) is 7.43. The van der Waals surface area contributed by atoms with Gasteiger partial charge >= 0.3 is 0 Å². The number of amides is 1. The van der Waals surface area contributed by atoms with Crippen LogP contribution in [0.3, 0.4) is 0 Å². The maximum absolute atomic E-state index is 12.5. The van der Waals surface area contributed by atoms with Crippen molar-refractivity contribution in [3.8, 4) is 0 Å². The highest BCUT2D eigenvalue weighted by Gasteiger charge is 2.39. The van der Waals surface area contributed by atoms with Gasteiger partial charge in [-0.3, -0.25) is 14.6 Å². The van der Waals surface area contributed by atoms with E-state index in [0.29, 0.717) is 24.6 Å². The third kappa shape index (κ3) is 3.88. The van der Waals surface area contributed by atoms with E-state index in [9.17, 15) is 4.79 Å². The molecule has 26 heavy (non-hydrogen) atoms. The molecular formula is C21H25N3O2. The maximum Gasteiger partial charge on any atom is 0.276 e. The number of nitrogens with zero attached hydrogens (tertiary/aromatic N) is 1. The second kappa shape index (κ2) is 7.87. The van der Waals surface area contributed by atoms with Gasteiger partial charge in [-0.15, -0.1) is 0 Å². The van der Waals surface area contributed by atoms with Gasteiger partial charge in [-0.25, -0.2) is 5.48 Å². The normalized spacial score (nSPS) is 23.8. The Morgan fingerprint density at radius 3 is 2.73 bits per heavy atom. The highest BCUT2D eigenvalue weighted by molar-refractivity contribution is 5.98. The molecule has 2 N–H and O–H groups in total. The average molecular weight is 351 g/mol. The summed E-state index contributed by atoms with van der Waals surface area (Å²) in [5, 5.41) is 3.32. The van der Waals surface area contributed by atoms with Gasteiger partial charge in [-0.1, -0.05) is 18.6 Å². The van der Waals surface area contributed by atoms with E-state index in [4.69, 9.17) is 4.84 Å². The van der Waals surface area contributed by atoms with Crippen LogP contribution >= 0.6 is 0 Å². The Morgan fingerprint density at radius 2 is 1.96 bits per heavy atom. The fourth-order valence-electron chi connectivity index (χ4n) is 4.38. The van der Waals surface area contributed by atoms with Crippen LogP contribution in [0.25, 0.3) is 0 Å². The monoisotopic (exact) mass is 351 g/mol. The standard InChI is InChI=1S/C21H25N3O2/c25-21(24-26-14-18-12-16-5-6-17(18)11-16)19-3-1-2-4-20(19)23-13-15-7-9-22-10-8-15/h1-4,7-10,16-18,23H,5-6,11-14H2,(H,24,25). The van der Waals surface area contributed by atoms with Crippen molar-refractivity contribution in [2.45, 2.75) is 32.2 Å². The molecule has 2 aromatic rings. The predicted octanol–water partition coefficient (Wildman–Crippen LogP) is 3.79. The molecule has 2 aliphatic carbocycles. The number of hydrogen-bond acceptors (Lipinski definition) is 4. The summed E-state index contributed by atoms with van der Waals surface area (Å²) in [5.74, 6) is 2.09. The number of carbonyl (C=O) groups excluding carboxylic acids is 1. The second-order valence-electron chi connectivity index (χ2n) is 7.43. The number of benzene rings is 1. The summed E-state index contributed by atoms with van der Waals surface area (Å²) in [4.78, 5) is 22.1. The quantitative estimate of drug-likeness (QED) is 0.745. The van der Waals surface area contributed by atoms with Gasteiger partial charge in [0.15, 0.2) is 0 Å². The lowest BCUT2D eigenvalue weighted by atomic mass is 9.90. The molecule has 3 atom stereocenters. The molecule has 0 radical (unpaired) electrons. The molecule has 2 fully saturated rings. The summed E-state index contributed by atoms with van der Waals surface area (Å²) in [6.07, 6.45) is 8.84. The third-order valence-electron chi connectivity index (χ3n) is 5.75. The number of aromatic nitrogens is 1. The molecule has 1 amide bonds. The van der Waals surface area contributed by atoms with Gasteiger partial charge in [-0.05, 0) is 66.8 Å². The molecular weight excluding hydrogens is 326 g/mol. The lowest BCUT2D eigenvalue weighted by Gasteiger charge is -2.21. The molecule has 0 saturated heterocycles. The molecule has 2 aliphatic rings. The minimum absolute atomic E-state index is 0.203. The summed E-state index contributed by atoms with van der Waals surface area (Å²) in [6, 6.07) is 11.4. The molecule has 0 spiro atoms. The van der Waals surface area contributed by atoms with Crippen LogP contribution in [0.5, 0.6) is 0 Å². The van der Waals surface area contributed by atoms with Crippen LogP contribution in [0.15, 0.2) is 48.8 Å². The number of rotatable bonds is 7. The molecule has 5 heteroatoms. The van der Waals surface area contributed by atoms with Crippen LogP contribution in [0.1, 0.15) is 41.6 Å². The van der Waals surface area contributed by atoms with Crippen molar-refractivity contribution in [2.75, 3.05) is 11.9 Å². The Balaban J connectivity index is 1.31. The van der Waals surface area contributed by atoms with E-state index in [2.05, 4.69) is 15.8 Å². The largest absolute Gasteiger partial charge is 0.380 e. The van der Waals surface area contributed by atoms with Crippen molar-refractivity contribution in [3.05, 3.63) is 59.9 Å². The van der Waals surface area contributed by atoms with Gasteiger partial charge in [0.25, 0.3) is 5.91 Å². The lowest BCUT2D eigenvalue weighted by Crippen LogP contribution is -2.28. The van der Waals surface area contributed by atoms with Crippen molar-refractivity contribution >= 4 is 11.6 Å². The Bertz CT molecular complexity index is 750. The first-order valence-electron chi connectivity index (χ1n) is 9.43. The first-order valence-corrected chi connectivity index (χ1v) is 9.43. The van der Waals surface area contributed by atoms with E-state index >= 15 is 0 Å². The SMILES string of the molecule is O=C(NOCC1CC2CCC1C2)c1ccccc1NCc1ccncc1. The van der Waals surface area contributed by atoms with Crippen LogP contribution in [0, 0.1) is 17.8 Å². The van der Waals surface area contributed by atoms with Crippen molar-refractivity contribution in [1.29, 1.82) is 0 Å². The van der Waals surface area contributed by atoms with Crippen LogP contribution in [0.4, 0.5) is 5.69 Å². The molecule has 0 aliphatic heterocycles. The molecule has 136 valence electrons. The van der Waals surface area contributed by atoms with Gasteiger partial charge in [-0.2, -0.15) is 0 Å². The minimum Gasteiger partial charge on any atom is -0.380 e. The Morgan fingerprint density at radius 1 is 1.12 bits per heavy atom. The Hall–Kier alpha value is -2.40. The zero-order valence-corrected chi connectivity index (χ0v) is 14.9. The lowest BCUT2D eigenvalue weighted by molar-refractivity contribution is 0.00748. The van der Waals surface area contributed by atoms with Crippen LogP contribution in [0.2, 0.25) is 0 Å². The van der Waals surface area contributed by atoms with Gasteiger partial charge in [0.05, 0.1) is 12.2 Å². The van der Waals surface area contributed by atoms with E-state index < -0.39 is 0 Å². The zero-order valence-electron chi connectivity index (χ0n) is 14.9. The zero-order chi connectivity index (χ0) is 17.8. The van der Waals surface area contributed by atoms with Crippen molar-refractivity contribution in [2.24, 2.45) is 17.8 Å². The summed E-state index contributed by atoms with van der Waals surface area (Å²) < 4.78 is 0. The van der Waals surface area contributed by atoms with Crippen LogP contribution < -0.4 is 10.8 Å². The number of para-hydroxylation sites is 1. The first kappa shape index (κ1) is 17.0. The van der Waals surface area contributed by atoms with Gasteiger partial charge in [0, 0.05) is 24.6 Å². The molecule has 2 bridgehead atoms. The van der Waals surface area contributed by atoms with E-state index in [-0.39, 0.29) is 5.91 Å². The average Bonchev–Trinajstić information content (AvgIpc) is 3.30. The molecule has 1 aromatic heterocycles. The highest BCUT2D eigenvalue weighted by Crippen LogP contribution is 2.48. The fourth-order valence-corrected chi connectivity index (χ4v) is 4.38. The molecule has 1 heterocycles. The fraction of sp³-hybridized carbons (Fsp3) is 0.429. The van der Waals surface area contributed by atoms with E-state index in [1.54, 1.807) is 12.4 Å². The van der Waals surface area contributed by atoms with E-state index in [0.717, 1.165) is 23.1 Å². The van der Waals surface area contributed by atoms with Gasteiger partial charge < -0.3 is 5.32 Å². The van der Waals surface area contributed by atoms with E-state index in [1.165, 1.54) is 25.7 Å². The Kier molecular flexibility index (Phi) is 5.16. The number of anilines is 1. The Labute approximate surface area is 154 Å². The smallest absolute Gasteiger partial charge is 0.276 e. The van der Waals surface area contributed by atoms with E-state index in [1.807, 2.05) is 36.4 Å². The molecule has 3 unspecified atom stereocenters. The molecule has 5 nitrogen and oxygen atoms in total. The summed E-state index contributed by atoms with van der Waals surface area (Å²) >= 11 is 0. The number of nitrogens with one attached hydrogen (secondary N) is 2. The summed E-state index contributed by atoms with van der Waals surface area (Å²) in [6.45, 7) is 1.26. The number of hydroxylamine groups is 1. The highest BCUT2D eigenvalue weighted by atomic mass is 16.7. The number of pyridine rings is 1. The van der Waals surface area contributed by atoms with Crippen molar-refractivity contribution in [1.82, 2.24) is 10.5 Å².